The second kappa shape index (κ2) is 9.71. The van der Waals surface area contributed by atoms with Crippen LogP contribution < -0.4 is 10.1 Å². The number of hydrogen-bond donors (Lipinski definition) is 1. The molecule has 0 aromatic heterocycles. The molecule has 0 aliphatic carbocycles. The van der Waals surface area contributed by atoms with Crippen LogP contribution in [-0.2, 0) is 0 Å². The third-order valence-corrected chi connectivity index (χ3v) is 3.37. The van der Waals surface area contributed by atoms with Gasteiger partial charge in [0, 0.05) is 11.7 Å². The van der Waals surface area contributed by atoms with Gasteiger partial charge in [-0.25, -0.2) is 0 Å². The van der Waals surface area contributed by atoms with Crippen molar-refractivity contribution in [3.63, 3.8) is 0 Å². The Morgan fingerprint density at radius 3 is 2.32 bits per heavy atom. The van der Waals surface area contributed by atoms with Crippen LogP contribution in [0.4, 0.5) is 5.69 Å². The van der Waals surface area contributed by atoms with Gasteiger partial charge in [-0.1, -0.05) is 40.0 Å². The maximum Gasteiger partial charge on any atom is 0.119 e. The van der Waals surface area contributed by atoms with Gasteiger partial charge in [0.15, 0.2) is 0 Å². The second-order valence-corrected chi connectivity index (χ2v) is 5.12. The molecular formula is C17H29NO. The predicted molar refractivity (Wildman–Crippen MR) is 84.1 cm³/mol. The van der Waals surface area contributed by atoms with Crippen molar-refractivity contribution in [1.82, 2.24) is 0 Å². The first kappa shape index (κ1) is 15.9. The summed E-state index contributed by atoms with van der Waals surface area (Å²) in [6.07, 6.45) is 7.25. The van der Waals surface area contributed by atoms with Gasteiger partial charge in [0.25, 0.3) is 0 Å². The molecule has 0 amide bonds. The molecule has 0 aliphatic heterocycles. The lowest BCUT2D eigenvalue weighted by Gasteiger charge is -2.17. The Hall–Kier alpha value is -1.18. The van der Waals surface area contributed by atoms with Crippen molar-refractivity contribution in [2.75, 3.05) is 11.9 Å². The maximum atomic E-state index is 5.71. The van der Waals surface area contributed by atoms with Crippen molar-refractivity contribution in [1.29, 1.82) is 0 Å². The third kappa shape index (κ3) is 6.51. The molecule has 0 saturated heterocycles. The summed E-state index contributed by atoms with van der Waals surface area (Å²) >= 11 is 0. The molecule has 1 rings (SSSR count). The van der Waals surface area contributed by atoms with E-state index in [0.29, 0.717) is 6.04 Å². The van der Waals surface area contributed by atoms with E-state index in [1.807, 2.05) is 0 Å². The number of hydrogen-bond acceptors (Lipinski definition) is 2. The van der Waals surface area contributed by atoms with Crippen LogP contribution in [0.15, 0.2) is 24.3 Å². The van der Waals surface area contributed by atoms with Gasteiger partial charge in [0.05, 0.1) is 6.61 Å². The summed E-state index contributed by atoms with van der Waals surface area (Å²) in [7, 11) is 0. The molecule has 0 heterocycles. The highest BCUT2D eigenvalue weighted by atomic mass is 16.5. The first-order chi connectivity index (χ1) is 9.30. The van der Waals surface area contributed by atoms with Crippen molar-refractivity contribution in [3.8, 4) is 5.75 Å². The Labute approximate surface area is 118 Å². The predicted octanol–water partition coefficient (Wildman–Crippen LogP) is 5.25. The summed E-state index contributed by atoms with van der Waals surface area (Å²) in [5.41, 5.74) is 1.20. The molecule has 1 aromatic rings. The molecule has 0 spiro atoms. The van der Waals surface area contributed by atoms with Crippen LogP contribution >= 0.6 is 0 Å². The largest absolute Gasteiger partial charge is 0.494 e. The van der Waals surface area contributed by atoms with Crippen LogP contribution in [0.1, 0.15) is 59.3 Å². The molecule has 1 N–H and O–H groups in total. The van der Waals surface area contributed by atoms with Gasteiger partial charge in [-0.15, -0.1) is 0 Å². The van der Waals surface area contributed by atoms with Crippen LogP contribution in [0.3, 0.4) is 0 Å². The van der Waals surface area contributed by atoms with Gasteiger partial charge in [-0.05, 0) is 43.5 Å². The van der Waals surface area contributed by atoms with Crippen molar-refractivity contribution in [2.45, 2.75) is 65.3 Å². The fraction of sp³-hybridized carbons (Fsp3) is 0.647. The van der Waals surface area contributed by atoms with Gasteiger partial charge >= 0.3 is 0 Å². The molecule has 0 aliphatic rings. The molecule has 108 valence electrons. The Morgan fingerprint density at radius 2 is 1.74 bits per heavy atom. The quantitative estimate of drug-likeness (QED) is 0.582. The van der Waals surface area contributed by atoms with E-state index in [1.165, 1.54) is 37.8 Å². The van der Waals surface area contributed by atoms with Gasteiger partial charge in [0.2, 0.25) is 0 Å². The van der Waals surface area contributed by atoms with Crippen molar-refractivity contribution >= 4 is 5.69 Å². The van der Waals surface area contributed by atoms with Gasteiger partial charge < -0.3 is 10.1 Å². The summed E-state index contributed by atoms with van der Waals surface area (Å²) in [5.74, 6) is 0.977. The number of nitrogens with one attached hydrogen (secondary N) is 1. The number of ether oxygens (including phenoxy) is 1. The molecule has 0 fully saturated rings. The minimum Gasteiger partial charge on any atom is -0.494 e. The van der Waals surface area contributed by atoms with Crippen LogP contribution in [0.2, 0.25) is 0 Å². The Morgan fingerprint density at radius 1 is 1.00 bits per heavy atom. The molecule has 0 radical (unpaired) electrons. The van der Waals surface area contributed by atoms with E-state index in [2.05, 4.69) is 50.4 Å². The Bertz CT molecular complexity index is 321. The molecule has 1 atom stereocenters. The summed E-state index contributed by atoms with van der Waals surface area (Å²) in [5, 5.41) is 3.58. The minimum atomic E-state index is 0.585. The summed E-state index contributed by atoms with van der Waals surface area (Å²) in [6, 6.07) is 8.95. The number of benzene rings is 1. The van der Waals surface area contributed by atoms with E-state index in [9.17, 15) is 0 Å². The molecule has 2 heteroatoms. The highest BCUT2D eigenvalue weighted by Gasteiger charge is 2.04. The summed E-state index contributed by atoms with van der Waals surface area (Å²) in [4.78, 5) is 0. The molecular weight excluding hydrogens is 234 g/mol. The van der Waals surface area contributed by atoms with E-state index >= 15 is 0 Å². The van der Waals surface area contributed by atoms with Gasteiger partial charge in [-0.3, -0.25) is 0 Å². The van der Waals surface area contributed by atoms with Gasteiger partial charge in [0.1, 0.15) is 5.75 Å². The summed E-state index contributed by atoms with van der Waals surface area (Å²) in [6.45, 7) is 7.51. The average Bonchev–Trinajstić information content (AvgIpc) is 2.45. The number of unbranched alkanes of at least 4 members (excludes halogenated alkanes) is 2. The van der Waals surface area contributed by atoms with E-state index in [4.69, 9.17) is 4.74 Å². The minimum absolute atomic E-state index is 0.585. The molecule has 0 saturated carbocycles. The maximum absolute atomic E-state index is 5.71. The molecule has 1 unspecified atom stereocenters. The zero-order valence-corrected chi connectivity index (χ0v) is 12.7. The first-order valence-corrected chi connectivity index (χ1v) is 7.79. The van der Waals surface area contributed by atoms with Crippen molar-refractivity contribution in [2.24, 2.45) is 0 Å². The molecule has 19 heavy (non-hydrogen) atoms. The van der Waals surface area contributed by atoms with Crippen molar-refractivity contribution < 1.29 is 4.74 Å². The molecule has 2 nitrogen and oxygen atoms in total. The van der Waals surface area contributed by atoms with Crippen LogP contribution in [-0.4, -0.2) is 12.6 Å². The fourth-order valence-electron chi connectivity index (χ4n) is 2.15. The Balaban J connectivity index is 2.38. The molecule has 1 aromatic carbocycles. The fourth-order valence-corrected chi connectivity index (χ4v) is 2.15. The highest BCUT2D eigenvalue weighted by Crippen LogP contribution is 2.18. The number of rotatable bonds is 10. The van der Waals surface area contributed by atoms with E-state index < -0.39 is 0 Å². The van der Waals surface area contributed by atoms with Crippen molar-refractivity contribution in [3.05, 3.63) is 24.3 Å². The van der Waals surface area contributed by atoms with Crippen LogP contribution in [0.5, 0.6) is 5.75 Å². The zero-order chi connectivity index (χ0) is 13.9. The van der Waals surface area contributed by atoms with Crippen LogP contribution in [0.25, 0.3) is 0 Å². The average molecular weight is 263 g/mol. The van der Waals surface area contributed by atoms with E-state index in [0.717, 1.165) is 18.8 Å². The summed E-state index contributed by atoms with van der Waals surface area (Å²) < 4.78 is 5.71. The first-order valence-electron chi connectivity index (χ1n) is 7.79. The van der Waals surface area contributed by atoms with Gasteiger partial charge in [-0.2, -0.15) is 0 Å². The zero-order valence-electron chi connectivity index (χ0n) is 12.7. The standard InChI is InChI=1S/C17H29NO/c1-4-7-8-14-19-17-12-10-16(11-13-17)18-15(6-3)9-5-2/h10-13,15,18H,4-9,14H2,1-3H3. The lowest BCUT2D eigenvalue weighted by molar-refractivity contribution is 0.306. The monoisotopic (exact) mass is 263 g/mol. The molecule has 0 bridgehead atoms. The van der Waals surface area contributed by atoms with E-state index in [-0.39, 0.29) is 0 Å². The normalized spacial score (nSPS) is 12.2. The number of anilines is 1. The smallest absolute Gasteiger partial charge is 0.119 e. The third-order valence-electron chi connectivity index (χ3n) is 3.37. The Kier molecular flexibility index (Phi) is 8.11. The topological polar surface area (TPSA) is 21.3 Å². The SMILES string of the molecule is CCCCCOc1ccc(NC(CC)CCC)cc1. The highest BCUT2D eigenvalue weighted by molar-refractivity contribution is 5.47. The van der Waals surface area contributed by atoms with Crippen LogP contribution in [0, 0.1) is 0 Å². The second-order valence-electron chi connectivity index (χ2n) is 5.12. The lowest BCUT2D eigenvalue weighted by Crippen LogP contribution is -2.17. The lowest BCUT2D eigenvalue weighted by atomic mass is 10.1. The van der Waals surface area contributed by atoms with E-state index in [1.54, 1.807) is 0 Å².